The fourth-order valence-corrected chi connectivity index (χ4v) is 8.75. The summed E-state index contributed by atoms with van der Waals surface area (Å²) < 4.78 is 17.8. The van der Waals surface area contributed by atoms with Gasteiger partial charge in [-0.25, -0.2) is 0 Å². The summed E-state index contributed by atoms with van der Waals surface area (Å²) in [6.07, 6.45) is 38.6. The number of aliphatic hydroxyl groups is 3. The van der Waals surface area contributed by atoms with Crippen molar-refractivity contribution in [2.75, 3.05) is 20.3 Å². The maximum absolute atomic E-state index is 13.3. The van der Waals surface area contributed by atoms with Gasteiger partial charge in [0.15, 0.2) is 6.29 Å². The molecule has 0 aromatic rings. The van der Waals surface area contributed by atoms with Crippen molar-refractivity contribution in [1.82, 2.24) is 10.6 Å². The van der Waals surface area contributed by atoms with Gasteiger partial charge in [-0.15, -0.1) is 0 Å². The zero-order chi connectivity index (χ0) is 44.6. The third-order valence-electron chi connectivity index (χ3n) is 12.9. The largest absolute Gasteiger partial charge is 0.388 e. The Balaban J connectivity index is 2.39. The lowest BCUT2D eigenvalue weighted by atomic mass is 9.98. The van der Waals surface area contributed by atoms with Crippen LogP contribution in [0.25, 0.3) is 0 Å². The molecule has 0 aromatic carbocycles. The van der Waals surface area contributed by atoms with Crippen LogP contribution in [0.1, 0.15) is 252 Å². The van der Waals surface area contributed by atoms with Gasteiger partial charge in [0, 0.05) is 27.0 Å². The molecule has 0 aromatic heterocycles. The molecule has 0 aliphatic carbocycles. The second-order valence-corrected chi connectivity index (χ2v) is 18.6. The molecule has 0 spiro atoms. The minimum absolute atomic E-state index is 0.000597. The summed E-state index contributed by atoms with van der Waals surface area (Å²) in [6, 6.07) is -0.488. The van der Waals surface area contributed by atoms with Crippen molar-refractivity contribution in [1.29, 1.82) is 0 Å². The molecule has 362 valence electrons. The fourth-order valence-electron chi connectivity index (χ4n) is 8.75. The summed E-state index contributed by atoms with van der Waals surface area (Å²) in [5, 5.41) is 37.4. The second-order valence-electron chi connectivity index (χ2n) is 18.6. The highest BCUT2D eigenvalue weighted by molar-refractivity contribution is 5.76. The number of hydrogen-bond donors (Lipinski definition) is 5. The third kappa shape index (κ3) is 32.1. The Hall–Kier alpha value is -1.30. The zero-order valence-corrected chi connectivity index (χ0v) is 40.3. The first-order chi connectivity index (χ1) is 29.7. The molecular formula is C51H100N2O8. The van der Waals surface area contributed by atoms with E-state index in [0.717, 1.165) is 38.5 Å². The molecule has 10 nitrogen and oxygen atoms in total. The maximum Gasteiger partial charge on any atom is 0.220 e. The van der Waals surface area contributed by atoms with Crippen molar-refractivity contribution in [3.05, 3.63) is 0 Å². The Morgan fingerprint density at radius 3 is 1.30 bits per heavy atom. The molecule has 1 rings (SSSR count). The molecule has 1 fully saturated rings. The highest BCUT2D eigenvalue weighted by Gasteiger charge is 2.44. The quantitative estimate of drug-likeness (QED) is 0.0380. The molecular weight excluding hydrogens is 769 g/mol. The fraction of sp³-hybridized carbons (Fsp3) is 0.961. The first kappa shape index (κ1) is 57.7. The van der Waals surface area contributed by atoms with Gasteiger partial charge in [0.05, 0.1) is 18.8 Å². The number of methoxy groups -OCH3 is 1. The molecule has 10 heteroatoms. The second kappa shape index (κ2) is 41.4. The Bertz CT molecular complexity index is 988. The summed E-state index contributed by atoms with van der Waals surface area (Å²) in [5.41, 5.74) is 0. The first-order valence-electron chi connectivity index (χ1n) is 26.1. The molecule has 5 N–H and O–H groups in total. The maximum atomic E-state index is 13.3. The van der Waals surface area contributed by atoms with Gasteiger partial charge < -0.3 is 40.2 Å². The van der Waals surface area contributed by atoms with Gasteiger partial charge in [-0.1, -0.05) is 226 Å². The smallest absolute Gasteiger partial charge is 0.220 e. The van der Waals surface area contributed by atoms with E-state index in [1.807, 2.05) is 0 Å². The molecule has 1 aliphatic heterocycles. The van der Waals surface area contributed by atoms with Crippen LogP contribution in [-0.2, 0) is 23.8 Å². The molecule has 2 amide bonds. The summed E-state index contributed by atoms with van der Waals surface area (Å²) in [5.74, 6) is -0.355. The third-order valence-corrected chi connectivity index (χ3v) is 12.9. The van der Waals surface area contributed by atoms with Crippen molar-refractivity contribution in [2.45, 2.75) is 295 Å². The van der Waals surface area contributed by atoms with E-state index in [-0.39, 0.29) is 31.1 Å². The van der Waals surface area contributed by atoms with Crippen molar-refractivity contribution < 1.29 is 39.1 Å². The van der Waals surface area contributed by atoms with E-state index in [1.54, 1.807) is 7.11 Å². The predicted octanol–water partition coefficient (Wildman–Crippen LogP) is 11.5. The number of hydrogen-bond acceptors (Lipinski definition) is 8. The number of amides is 2. The molecule has 7 atom stereocenters. The number of carbonyl (C=O) groups excluding carboxylic acids is 2. The van der Waals surface area contributed by atoms with E-state index in [4.69, 9.17) is 14.2 Å². The molecule has 1 saturated heterocycles. The summed E-state index contributed by atoms with van der Waals surface area (Å²) in [6.45, 7) is 5.86. The number of rotatable bonds is 44. The monoisotopic (exact) mass is 869 g/mol. The van der Waals surface area contributed by atoms with E-state index < -0.39 is 36.7 Å². The number of nitrogens with one attached hydrogen (secondary N) is 2. The van der Waals surface area contributed by atoms with Gasteiger partial charge >= 0.3 is 0 Å². The van der Waals surface area contributed by atoms with Crippen molar-refractivity contribution in [2.24, 2.45) is 0 Å². The lowest BCUT2D eigenvalue weighted by Crippen LogP contribution is -2.61. The topological polar surface area (TPSA) is 147 Å². The van der Waals surface area contributed by atoms with Gasteiger partial charge in [0.25, 0.3) is 0 Å². The van der Waals surface area contributed by atoms with Crippen molar-refractivity contribution >= 4 is 11.8 Å². The van der Waals surface area contributed by atoms with E-state index in [9.17, 15) is 24.9 Å². The first-order valence-corrected chi connectivity index (χ1v) is 26.1. The number of unbranched alkanes of at least 4 members (excludes halogenated alkanes) is 32. The van der Waals surface area contributed by atoms with Crippen LogP contribution >= 0.6 is 0 Å². The Morgan fingerprint density at radius 1 is 0.541 bits per heavy atom. The highest BCUT2D eigenvalue weighted by Crippen LogP contribution is 2.24. The molecule has 0 saturated carbocycles. The van der Waals surface area contributed by atoms with Crippen LogP contribution in [0, 0.1) is 0 Å². The highest BCUT2D eigenvalue weighted by atomic mass is 16.7. The average molecular weight is 869 g/mol. The lowest BCUT2D eigenvalue weighted by Gasteiger charge is -2.41. The van der Waals surface area contributed by atoms with Crippen LogP contribution < -0.4 is 10.6 Å². The molecule has 1 heterocycles. The van der Waals surface area contributed by atoms with Crippen LogP contribution in [0.5, 0.6) is 0 Å². The molecule has 0 bridgehead atoms. The number of carbonyl (C=O) groups is 2. The normalized spacial score (nSPS) is 20.1. The predicted molar refractivity (Wildman–Crippen MR) is 252 cm³/mol. The van der Waals surface area contributed by atoms with Gasteiger partial charge in [0.2, 0.25) is 11.8 Å². The van der Waals surface area contributed by atoms with Gasteiger partial charge in [-0.05, 0) is 12.8 Å². The minimum Gasteiger partial charge on any atom is -0.388 e. The zero-order valence-electron chi connectivity index (χ0n) is 40.3. The van der Waals surface area contributed by atoms with Crippen LogP contribution in [0.15, 0.2) is 0 Å². The Kier molecular flexibility index (Phi) is 39.2. The number of ether oxygens (including phenoxy) is 3. The molecule has 6 unspecified atom stereocenters. The SMILES string of the molecule is CCCCCCCCCCCCCCCCCCCCCCCC(=O)NC(COC1OC(CNC(C)=O)C(O)C(O)C1O)[C@@H](CCCCCCCCCCCCCCC)OC. The molecule has 61 heavy (non-hydrogen) atoms. The van der Waals surface area contributed by atoms with Crippen molar-refractivity contribution in [3.63, 3.8) is 0 Å². The average Bonchev–Trinajstić information content (AvgIpc) is 3.25. The minimum atomic E-state index is -1.52. The number of aliphatic hydroxyl groups excluding tert-OH is 3. The molecule has 1 aliphatic rings. The van der Waals surface area contributed by atoms with Crippen LogP contribution in [-0.4, -0.2) is 90.2 Å². The van der Waals surface area contributed by atoms with Crippen LogP contribution in [0.3, 0.4) is 0 Å². The van der Waals surface area contributed by atoms with E-state index in [0.29, 0.717) is 6.42 Å². The van der Waals surface area contributed by atoms with E-state index in [1.165, 1.54) is 193 Å². The molecule has 0 radical (unpaired) electrons. The van der Waals surface area contributed by atoms with Gasteiger partial charge in [0.1, 0.15) is 24.4 Å². The van der Waals surface area contributed by atoms with Gasteiger partial charge in [-0.2, -0.15) is 0 Å². The summed E-state index contributed by atoms with van der Waals surface area (Å²) in [4.78, 5) is 24.7. The van der Waals surface area contributed by atoms with Crippen LogP contribution in [0.4, 0.5) is 0 Å². The van der Waals surface area contributed by atoms with Crippen molar-refractivity contribution in [3.8, 4) is 0 Å². The Labute approximate surface area is 375 Å². The summed E-state index contributed by atoms with van der Waals surface area (Å²) >= 11 is 0. The van der Waals surface area contributed by atoms with Crippen LogP contribution in [0.2, 0.25) is 0 Å². The van der Waals surface area contributed by atoms with Gasteiger partial charge in [-0.3, -0.25) is 9.59 Å². The van der Waals surface area contributed by atoms with E-state index in [2.05, 4.69) is 24.5 Å². The van der Waals surface area contributed by atoms with E-state index >= 15 is 0 Å². The Morgan fingerprint density at radius 2 is 0.918 bits per heavy atom. The summed E-state index contributed by atoms with van der Waals surface area (Å²) in [7, 11) is 1.65. The standard InChI is InChI=1S/C51H100N2O8/c1-5-7-9-11-13-15-17-19-20-21-22-23-24-25-26-28-30-32-34-36-38-40-47(55)53-44(42-60-51-50(58)49(57)48(56)46(61-51)41-52-43(3)54)45(59-4)39-37-35-33-31-29-27-18-16-14-12-10-8-6-2/h44-46,48-51,56-58H,5-42H2,1-4H3,(H,52,54)(H,53,55)/t44?,45-,46?,48?,49?,50?,51?/m1/s1. The lowest BCUT2D eigenvalue weighted by molar-refractivity contribution is -0.297.